The van der Waals surface area contributed by atoms with Gasteiger partial charge in [-0.15, -0.1) is 0 Å². The van der Waals surface area contributed by atoms with Crippen molar-refractivity contribution in [1.82, 2.24) is 4.90 Å². The Hall–Kier alpha value is -1.84. The molecule has 1 saturated heterocycles. The number of likely N-dealkylation sites (tertiary alicyclic amines) is 1. The van der Waals surface area contributed by atoms with E-state index in [9.17, 15) is 0 Å². The van der Waals surface area contributed by atoms with E-state index >= 15 is 0 Å². The van der Waals surface area contributed by atoms with Crippen LogP contribution in [0.2, 0.25) is 0 Å². The van der Waals surface area contributed by atoms with E-state index in [1.54, 1.807) is 0 Å². The van der Waals surface area contributed by atoms with E-state index in [2.05, 4.69) is 30.1 Å². The van der Waals surface area contributed by atoms with Gasteiger partial charge in [-0.25, -0.2) is 0 Å². The Morgan fingerprint density at radius 3 is 2.43 bits per heavy atom. The first-order valence-electron chi connectivity index (χ1n) is 8.47. The molecule has 0 bridgehead atoms. The van der Waals surface area contributed by atoms with Gasteiger partial charge in [-0.05, 0) is 81.2 Å². The van der Waals surface area contributed by atoms with Gasteiger partial charge in [-0.2, -0.15) is 0 Å². The van der Waals surface area contributed by atoms with Gasteiger partial charge in [0.05, 0.1) is 0 Å². The molecule has 2 aromatic carbocycles. The summed E-state index contributed by atoms with van der Waals surface area (Å²) in [6, 6.07) is 18.4. The molecule has 0 saturated carbocycles. The minimum atomic E-state index is 0.419. The highest BCUT2D eigenvalue weighted by Gasteiger charge is 2.25. The lowest BCUT2D eigenvalue weighted by atomic mass is 9.80. The van der Waals surface area contributed by atoms with Crippen molar-refractivity contribution in [2.45, 2.75) is 18.8 Å². The standard InChI is InChI=1S/C20H26N2O/c1-22-12-10-16(11-13-22)20(15-21)17-6-5-9-19(14-17)23-18-7-3-2-4-8-18/h2-9,14,16,20H,10-13,15,21H2,1H3. The summed E-state index contributed by atoms with van der Waals surface area (Å²) in [6.07, 6.45) is 2.45. The van der Waals surface area contributed by atoms with Crippen molar-refractivity contribution in [3.8, 4) is 11.5 Å². The van der Waals surface area contributed by atoms with E-state index < -0.39 is 0 Å². The number of benzene rings is 2. The third kappa shape index (κ3) is 4.12. The second kappa shape index (κ2) is 7.62. The summed E-state index contributed by atoms with van der Waals surface area (Å²) in [5.74, 6) is 2.85. The average molecular weight is 310 g/mol. The molecule has 3 rings (SSSR count). The minimum absolute atomic E-state index is 0.419. The zero-order chi connectivity index (χ0) is 16.1. The maximum absolute atomic E-state index is 6.12. The van der Waals surface area contributed by atoms with Crippen molar-refractivity contribution < 1.29 is 4.74 Å². The molecule has 1 aliphatic heterocycles. The number of nitrogens with two attached hydrogens (primary N) is 1. The number of rotatable bonds is 5. The second-order valence-corrected chi connectivity index (χ2v) is 6.47. The van der Waals surface area contributed by atoms with E-state index in [0.29, 0.717) is 18.4 Å². The molecular weight excluding hydrogens is 284 g/mol. The highest BCUT2D eigenvalue weighted by molar-refractivity contribution is 5.35. The molecule has 3 heteroatoms. The lowest BCUT2D eigenvalue weighted by Gasteiger charge is -2.34. The van der Waals surface area contributed by atoms with Crippen LogP contribution < -0.4 is 10.5 Å². The highest BCUT2D eigenvalue weighted by atomic mass is 16.5. The molecule has 1 atom stereocenters. The molecule has 0 spiro atoms. The molecular formula is C20H26N2O. The highest BCUT2D eigenvalue weighted by Crippen LogP contribution is 2.34. The molecule has 0 radical (unpaired) electrons. The smallest absolute Gasteiger partial charge is 0.127 e. The first kappa shape index (κ1) is 16.0. The Labute approximate surface area is 139 Å². The number of nitrogens with zero attached hydrogens (tertiary/aromatic N) is 1. The Morgan fingerprint density at radius 1 is 1.04 bits per heavy atom. The molecule has 0 amide bonds. The predicted octanol–water partition coefficient (Wildman–Crippen LogP) is 3.86. The van der Waals surface area contributed by atoms with Crippen molar-refractivity contribution in [2.75, 3.05) is 26.7 Å². The first-order chi connectivity index (χ1) is 11.3. The van der Waals surface area contributed by atoms with E-state index in [1.165, 1.54) is 31.5 Å². The Kier molecular flexibility index (Phi) is 5.31. The van der Waals surface area contributed by atoms with Crippen LogP contribution in [-0.4, -0.2) is 31.6 Å². The number of hydrogen-bond acceptors (Lipinski definition) is 3. The summed E-state index contributed by atoms with van der Waals surface area (Å²) in [4.78, 5) is 2.40. The number of hydrogen-bond donors (Lipinski definition) is 1. The largest absolute Gasteiger partial charge is 0.457 e. The molecule has 0 aliphatic carbocycles. The lowest BCUT2D eigenvalue weighted by molar-refractivity contribution is 0.199. The van der Waals surface area contributed by atoms with Gasteiger partial charge in [0.15, 0.2) is 0 Å². The zero-order valence-electron chi connectivity index (χ0n) is 13.8. The van der Waals surface area contributed by atoms with Crippen molar-refractivity contribution in [2.24, 2.45) is 11.7 Å². The van der Waals surface area contributed by atoms with Gasteiger partial charge in [0.2, 0.25) is 0 Å². The van der Waals surface area contributed by atoms with E-state index in [1.807, 2.05) is 36.4 Å². The fourth-order valence-electron chi connectivity index (χ4n) is 3.46. The van der Waals surface area contributed by atoms with E-state index in [-0.39, 0.29) is 0 Å². The van der Waals surface area contributed by atoms with Crippen molar-refractivity contribution >= 4 is 0 Å². The molecule has 2 N–H and O–H groups in total. The van der Waals surface area contributed by atoms with Crippen LogP contribution in [0.5, 0.6) is 11.5 Å². The van der Waals surface area contributed by atoms with E-state index in [0.717, 1.165) is 11.5 Å². The Bertz CT molecular complexity index is 606. The van der Waals surface area contributed by atoms with Gasteiger partial charge < -0.3 is 15.4 Å². The Balaban J connectivity index is 1.74. The first-order valence-corrected chi connectivity index (χ1v) is 8.47. The fourth-order valence-corrected chi connectivity index (χ4v) is 3.46. The topological polar surface area (TPSA) is 38.5 Å². The molecule has 1 unspecified atom stereocenters. The monoisotopic (exact) mass is 310 g/mol. The summed E-state index contributed by atoms with van der Waals surface area (Å²) in [7, 11) is 2.20. The van der Waals surface area contributed by atoms with Crippen LogP contribution in [0, 0.1) is 5.92 Å². The van der Waals surface area contributed by atoms with Crippen LogP contribution in [-0.2, 0) is 0 Å². The molecule has 23 heavy (non-hydrogen) atoms. The van der Waals surface area contributed by atoms with Crippen LogP contribution in [0.3, 0.4) is 0 Å². The summed E-state index contributed by atoms with van der Waals surface area (Å²) in [6.45, 7) is 3.03. The Morgan fingerprint density at radius 2 is 1.74 bits per heavy atom. The maximum Gasteiger partial charge on any atom is 0.127 e. The van der Waals surface area contributed by atoms with Crippen LogP contribution >= 0.6 is 0 Å². The molecule has 122 valence electrons. The predicted molar refractivity (Wildman–Crippen MR) is 95.0 cm³/mol. The van der Waals surface area contributed by atoms with Gasteiger partial charge >= 0.3 is 0 Å². The summed E-state index contributed by atoms with van der Waals surface area (Å²) >= 11 is 0. The average Bonchev–Trinajstić information content (AvgIpc) is 2.59. The molecule has 0 aromatic heterocycles. The van der Waals surface area contributed by atoms with Crippen LogP contribution in [0.15, 0.2) is 54.6 Å². The second-order valence-electron chi connectivity index (χ2n) is 6.47. The van der Waals surface area contributed by atoms with Crippen molar-refractivity contribution in [3.05, 3.63) is 60.2 Å². The number of piperidine rings is 1. The molecule has 1 heterocycles. The van der Waals surface area contributed by atoms with E-state index in [4.69, 9.17) is 10.5 Å². The fraction of sp³-hybridized carbons (Fsp3) is 0.400. The van der Waals surface area contributed by atoms with Crippen LogP contribution in [0.1, 0.15) is 24.3 Å². The molecule has 2 aromatic rings. The maximum atomic E-state index is 6.12. The van der Waals surface area contributed by atoms with Gasteiger partial charge in [0.1, 0.15) is 11.5 Å². The van der Waals surface area contributed by atoms with Crippen LogP contribution in [0.25, 0.3) is 0 Å². The quantitative estimate of drug-likeness (QED) is 0.911. The van der Waals surface area contributed by atoms with Crippen LogP contribution in [0.4, 0.5) is 0 Å². The summed E-state index contributed by atoms with van der Waals surface area (Å²) in [5.41, 5.74) is 7.42. The zero-order valence-corrected chi connectivity index (χ0v) is 13.8. The number of para-hydroxylation sites is 1. The minimum Gasteiger partial charge on any atom is -0.457 e. The van der Waals surface area contributed by atoms with Gasteiger partial charge in [0.25, 0.3) is 0 Å². The molecule has 1 fully saturated rings. The summed E-state index contributed by atoms with van der Waals surface area (Å²) < 4.78 is 5.97. The van der Waals surface area contributed by atoms with Crippen molar-refractivity contribution in [3.63, 3.8) is 0 Å². The molecule has 3 nitrogen and oxygen atoms in total. The third-order valence-corrected chi connectivity index (χ3v) is 4.85. The lowest BCUT2D eigenvalue weighted by Crippen LogP contribution is -2.34. The summed E-state index contributed by atoms with van der Waals surface area (Å²) in [5, 5.41) is 0. The SMILES string of the molecule is CN1CCC(C(CN)c2cccc(Oc3ccccc3)c2)CC1. The third-order valence-electron chi connectivity index (χ3n) is 4.85. The number of ether oxygens (including phenoxy) is 1. The van der Waals surface area contributed by atoms with Gasteiger partial charge in [-0.3, -0.25) is 0 Å². The van der Waals surface area contributed by atoms with Crippen molar-refractivity contribution in [1.29, 1.82) is 0 Å². The van der Waals surface area contributed by atoms with Gasteiger partial charge in [0, 0.05) is 0 Å². The van der Waals surface area contributed by atoms with Gasteiger partial charge in [-0.1, -0.05) is 30.3 Å². The normalized spacial score (nSPS) is 17.8. The molecule has 1 aliphatic rings.